The van der Waals surface area contributed by atoms with Crippen molar-refractivity contribution in [2.45, 2.75) is 44.3 Å². The van der Waals surface area contributed by atoms with Gasteiger partial charge in [-0.15, -0.1) is 0 Å². The number of furan rings is 1. The molecule has 5 rings (SSSR count). The van der Waals surface area contributed by atoms with Gasteiger partial charge in [0.1, 0.15) is 17.8 Å². The van der Waals surface area contributed by atoms with Gasteiger partial charge in [-0.25, -0.2) is 0 Å². The SMILES string of the molecule is CO[C@H]1C(=O)N(Cc2ccccc2)[C@H]1C(=O)/C=C(\C)c1coc([C@H]2[C@@H](OC)C(=O)N2Cc2ccccc2)c1. The van der Waals surface area contributed by atoms with Crippen LogP contribution in [0.3, 0.4) is 0 Å². The molecule has 8 nitrogen and oxygen atoms in total. The second-order valence-electron chi connectivity index (χ2n) is 9.57. The number of ketones is 1. The average molecular weight is 515 g/mol. The first-order valence-electron chi connectivity index (χ1n) is 12.5. The van der Waals surface area contributed by atoms with Gasteiger partial charge in [0.05, 0.1) is 6.26 Å². The summed E-state index contributed by atoms with van der Waals surface area (Å²) in [7, 11) is 2.95. The van der Waals surface area contributed by atoms with E-state index in [-0.39, 0.29) is 23.6 Å². The smallest absolute Gasteiger partial charge is 0.255 e. The van der Waals surface area contributed by atoms with Crippen molar-refractivity contribution in [1.29, 1.82) is 0 Å². The molecule has 0 N–H and O–H groups in total. The summed E-state index contributed by atoms with van der Waals surface area (Å²) in [6.45, 7) is 2.60. The Bertz CT molecular complexity index is 1350. The van der Waals surface area contributed by atoms with Crippen LogP contribution < -0.4 is 0 Å². The molecule has 3 aromatic rings. The van der Waals surface area contributed by atoms with Gasteiger partial charge in [0.15, 0.2) is 18.0 Å². The summed E-state index contributed by atoms with van der Waals surface area (Å²) in [6.07, 6.45) is 1.67. The van der Waals surface area contributed by atoms with Gasteiger partial charge in [-0.05, 0) is 35.8 Å². The number of ether oxygens (including phenoxy) is 2. The average Bonchev–Trinajstić information content (AvgIpc) is 3.42. The molecule has 0 aliphatic carbocycles. The Labute approximate surface area is 221 Å². The summed E-state index contributed by atoms with van der Waals surface area (Å²) in [5.41, 5.74) is 3.36. The standard InChI is InChI=1S/C30H30N2O6/c1-19(14-23(33)25-27(36-2)29(34)31(25)16-20-10-6-4-7-11-20)22-15-24(38-18-22)26-28(37-3)30(35)32(26)17-21-12-8-5-9-13-21/h4-15,18,25-28H,16-17H2,1-3H3/b19-14+/t25-,26-,27+,28+/m0/s1. The van der Waals surface area contributed by atoms with E-state index in [2.05, 4.69) is 0 Å². The number of likely N-dealkylation sites (tertiary alicyclic amines) is 2. The molecule has 2 aliphatic rings. The minimum absolute atomic E-state index is 0.0967. The lowest BCUT2D eigenvalue weighted by molar-refractivity contribution is -0.174. The fourth-order valence-electron chi connectivity index (χ4n) is 5.11. The molecule has 0 spiro atoms. The highest BCUT2D eigenvalue weighted by Crippen LogP contribution is 2.39. The number of benzene rings is 2. The number of β-lactam (4-membered cyclic amide) rings is 2. The number of carbonyl (C=O) groups is 3. The third kappa shape index (κ3) is 4.68. The second-order valence-corrected chi connectivity index (χ2v) is 9.57. The van der Waals surface area contributed by atoms with Crippen molar-refractivity contribution in [2.24, 2.45) is 0 Å². The van der Waals surface area contributed by atoms with E-state index in [0.29, 0.717) is 24.4 Å². The number of rotatable bonds is 10. The molecule has 0 unspecified atom stereocenters. The zero-order chi connectivity index (χ0) is 26.8. The van der Waals surface area contributed by atoms with Crippen LogP contribution in [-0.4, -0.2) is 59.9 Å². The molecule has 0 bridgehead atoms. The highest BCUT2D eigenvalue weighted by Gasteiger charge is 2.51. The van der Waals surface area contributed by atoms with Crippen LogP contribution in [0, 0.1) is 0 Å². The fourth-order valence-corrected chi connectivity index (χ4v) is 5.11. The van der Waals surface area contributed by atoms with E-state index < -0.39 is 18.2 Å². The molecular weight excluding hydrogens is 484 g/mol. The molecule has 2 aromatic carbocycles. The van der Waals surface area contributed by atoms with E-state index >= 15 is 0 Å². The van der Waals surface area contributed by atoms with Crippen LogP contribution in [0.25, 0.3) is 5.57 Å². The third-order valence-electron chi connectivity index (χ3n) is 7.21. The van der Waals surface area contributed by atoms with E-state index in [1.807, 2.05) is 73.7 Å². The number of carbonyl (C=O) groups excluding carboxylic acids is 3. The highest BCUT2D eigenvalue weighted by atomic mass is 16.5. The van der Waals surface area contributed by atoms with Gasteiger partial charge >= 0.3 is 0 Å². The zero-order valence-corrected chi connectivity index (χ0v) is 21.6. The molecule has 196 valence electrons. The van der Waals surface area contributed by atoms with Crippen LogP contribution in [0.2, 0.25) is 0 Å². The van der Waals surface area contributed by atoms with Crippen molar-refractivity contribution in [1.82, 2.24) is 9.80 Å². The number of allylic oxidation sites excluding steroid dienone is 1. The maximum Gasteiger partial charge on any atom is 0.255 e. The second kappa shape index (κ2) is 10.8. The topological polar surface area (TPSA) is 89.3 Å². The summed E-state index contributed by atoms with van der Waals surface area (Å²) in [5, 5.41) is 0. The predicted octanol–water partition coefficient (Wildman–Crippen LogP) is 3.78. The zero-order valence-electron chi connectivity index (χ0n) is 21.6. The summed E-state index contributed by atoms with van der Waals surface area (Å²) >= 11 is 0. The molecule has 2 aliphatic heterocycles. The molecular formula is C30H30N2O6. The summed E-state index contributed by atoms with van der Waals surface area (Å²) in [4.78, 5) is 41.8. The predicted molar refractivity (Wildman–Crippen MR) is 139 cm³/mol. The Morgan fingerprint density at radius 3 is 2.00 bits per heavy atom. The molecule has 2 fully saturated rings. The maximum atomic E-state index is 13.3. The molecule has 1 aromatic heterocycles. The first-order valence-corrected chi connectivity index (χ1v) is 12.5. The largest absolute Gasteiger partial charge is 0.466 e. The van der Waals surface area contributed by atoms with Gasteiger partial charge in [0, 0.05) is 32.9 Å². The van der Waals surface area contributed by atoms with Crippen molar-refractivity contribution < 1.29 is 28.3 Å². The summed E-state index contributed by atoms with van der Waals surface area (Å²) < 4.78 is 16.6. The first kappa shape index (κ1) is 25.6. The molecule has 4 atom stereocenters. The van der Waals surface area contributed by atoms with Gasteiger partial charge in [0.25, 0.3) is 11.8 Å². The Kier molecular flexibility index (Phi) is 7.26. The van der Waals surface area contributed by atoms with Crippen LogP contribution in [0.4, 0.5) is 0 Å². The van der Waals surface area contributed by atoms with Gasteiger partial charge < -0.3 is 23.7 Å². The Balaban J connectivity index is 1.32. The lowest BCUT2D eigenvalue weighted by Crippen LogP contribution is -2.67. The number of nitrogens with zero attached hydrogens (tertiary/aromatic N) is 2. The summed E-state index contributed by atoms with van der Waals surface area (Å²) in [6, 6.07) is 20.0. The van der Waals surface area contributed by atoms with Crippen LogP contribution in [0.5, 0.6) is 0 Å². The van der Waals surface area contributed by atoms with Crippen molar-refractivity contribution in [3.63, 3.8) is 0 Å². The monoisotopic (exact) mass is 514 g/mol. The van der Waals surface area contributed by atoms with Crippen molar-refractivity contribution in [3.05, 3.63) is 102 Å². The minimum atomic E-state index is -0.801. The van der Waals surface area contributed by atoms with Gasteiger partial charge in [-0.3, -0.25) is 14.4 Å². The lowest BCUT2D eigenvalue weighted by atomic mass is 9.91. The number of methoxy groups -OCH3 is 2. The van der Waals surface area contributed by atoms with E-state index in [1.54, 1.807) is 16.1 Å². The Morgan fingerprint density at radius 1 is 0.868 bits per heavy atom. The normalized spacial score (nSPS) is 23.3. The van der Waals surface area contributed by atoms with Crippen LogP contribution >= 0.6 is 0 Å². The van der Waals surface area contributed by atoms with Crippen LogP contribution in [0.1, 0.15) is 35.4 Å². The van der Waals surface area contributed by atoms with E-state index in [1.165, 1.54) is 20.3 Å². The van der Waals surface area contributed by atoms with E-state index in [0.717, 1.165) is 16.7 Å². The number of amides is 2. The van der Waals surface area contributed by atoms with Gasteiger partial charge in [-0.1, -0.05) is 60.7 Å². The Hall–Kier alpha value is -4.01. The van der Waals surface area contributed by atoms with Crippen molar-refractivity contribution in [3.8, 4) is 0 Å². The number of hydrogen-bond donors (Lipinski definition) is 0. The van der Waals surface area contributed by atoms with Crippen molar-refractivity contribution >= 4 is 23.2 Å². The van der Waals surface area contributed by atoms with E-state index in [4.69, 9.17) is 13.9 Å². The van der Waals surface area contributed by atoms with Crippen molar-refractivity contribution in [2.75, 3.05) is 14.2 Å². The molecule has 0 saturated carbocycles. The Morgan fingerprint density at radius 2 is 1.42 bits per heavy atom. The first-order chi connectivity index (χ1) is 18.4. The van der Waals surface area contributed by atoms with E-state index in [9.17, 15) is 14.4 Å². The molecule has 38 heavy (non-hydrogen) atoms. The van der Waals surface area contributed by atoms with Gasteiger partial charge in [0.2, 0.25) is 0 Å². The molecule has 2 saturated heterocycles. The molecule has 2 amide bonds. The van der Waals surface area contributed by atoms with Gasteiger partial charge in [-0.2, -0.15) is 0 Å². The highest BCUT2D eigenvalue weighted by molar-refractivity contribution is 6.09. The molecule has 8 heteroatoms. The van der Waals surface area contributed by atoms with Crippen LogP contribution in [0.15, 0.2) is 83.5 Å². The quantitative estimate of drug-likeness (QED) is 0.302. The summed E-state index contributed by atoms with van der Waals surface area (Å²) in [5.74, 6) is 0.0689. The molecule has 3 heterocycles. The molecule has 0 radical (unpaired) electrons. The lowest BCUT2D eigenvalue weighted by Gasteiger charge is -2.45. The van der Waals surface area contributed by atoms with Crippen LogP contribution in [-0.2, 0) is 36.9 Å². The third-order valence-corrected chi connectivity index (χ3v) is 7.21. The minimum Gasteiger partial charge on any atom is -0.466 e. The maximum absolute atomic E-state index is 13.3. The number of hydrogen-bond acceptors (Lipinski definition) is 6. The fraction of sp³-hybridized carbons (Fsp3) is 0.300.